The average molecular weight is 292 g/mol. The summed E-state index contributed by atoms with van der Waals surface area (Å²) >= 11 is 0. The lowest BCUT2D eigenvalue weighted by molar-refractivity contribution is -0.140. The molecule has 0 radical (unpaired) electrons. The van der Waals surface area contributed by atoms with Crippen molar-refractivity contribution in [3.63, 3.8) is 0 Å². The van der Waals surface area contributed by atoms with Gasteiger partial charge in [0.15, 0.2) is 0 Å². The maximum Gasteiger partial charge on any atom is 0.334 e. The molecule has 0 aromatic heterocycles. The molecule has 3 rings (SSSR count). The van der Waals surface area contributed by atoms with E-state index in [4.69, 9.17) is 14.2 Å². The predicted octanol–water partition coefficient (Wildman–Crippen LogP) is 1.92. The van der Waals surface area contributed by atoms with E-state index in [1.54, 1.807) is 0 Å². The topological polar surface area (TPSA) is 65.1 Å². The monoisotopic (exact) mass is 292 g/mol. The van der Waals surface area contributed by atoms with E-state index in [9.17, 15) is 9.59 Å². The highest BCUT2D eigenvalue weighted by Gasteiger charge is 2.55. The summed E-state index contributed by atoms with van der Waals surface area (Å²) in [5, 5.41) is 0. The number of esters is 2. The summed E-state index contributed by atoms with van der Waals surface area (Å²) in [6, 6.07) is 0. The number of allylic oxidation sites excluding steroid dienone is 1. The molecule has 0 amide bonds. The Labute approximate surface area is 123 Å². The van der Waals surface area contributed by atoms with Crippen molar-refractivity contribution < 1.29 is 23.8 Å². The molecule has 2 aliphatic heterocycles. The Bertz CT molecular complexity index is 535. The molecule has 4 atom stereocenters. The Morgan fingerprint density at radius 3 is 3.00 bits per heavy atom. The van der Waals surface area contributed by atoms with Crippen molar-refractivity contribution in [2.24, 2.45) is 5.92 Å². The lowest BCUT2D eigenvalue weighted by Gasteiger charge is -2.20. The first-order chi connectivity index (χ1) is 9.94. The minimum absolute atomic E-state index is 0.0862. The minimum Gasteiger partial charge on any atom is -0.466 e. The molecule has 114 valence electrons. The van der Waals surface area contributed by atoms with Crippen LogP contribution in [-0.2, 0) is 23.8 Å². The summed E-state index contributed by atoms with van der Waals surface area (Å²) in [5.74, 6) is -0.736. The van der Waals surface area contributed by atoms with Crippen molar-refractivity contribution in [2.45, 2.75) is 50.4 Å². The van der Waals surface area contributed by atoms with Gasteiger partial charge in [-0.25, -0.2) is 9.59 Å². The summed E-state index contributed by atoms with van der Waals surface area (Å²) in [6.45, 7) is 5.87. The summed E-state index contributed by atoms with van der Waals surface area (Å²) in [5.41, 5.74) is 0.872. The number of epoxide rings is 1. The molecule has 21 heavy (non-hydrogen) atoms. The van der Waals surface area contributed by atoms with Crippen LogP contribution >= 0.6 is 0 Å². The highest BCUT2D eigenvalue weighted by molar-refractivity contribution is 5.91. The lowest BCUT2D eigenvalue weighted by Crippen LogP contribution is -2.26. The van der Waals surface area contributed by atoms with Crippen LogP contribution in [0.5, 0.6) is 0 Å². The number of fused-ring (bicyclic) bond motifs is 2. The van der Waals surface area contributed by atoms with Crippen LogP contribution in [-0.4, -0.2) is 36.9 Å². The van der Waals surface area contributed by atoms with E-state index in [-0.39, 0.29) is 35.7 Å². The van der Waals surface area contributed by atoms with E-state index in [0.29, 0.717) is 30.4 Å². The molecule has 5 nitrogen and oxygen atoms in total. The van der Waals surface area contributed by atoms with E-state index in [2.05, 4.69) is 6.58 Å². The van der Waals surface area contributed by atoms with Gasteiger partial charge in [-0.2, -0.15) is 0 Å². The molecule has 0 saturated carbocycles. The van der Waals surface area contributed by atoms with E-state index in [1.165, 1.54) is 7.11 Å². The van der Waals surface area contributed by atoms with Gasteiger partial charge < -0.3 is 14.2 Å². The number of hydrogen-bond acceptors (Lipinski definition) is 5. The van der Waals surface area contributed by atoms with Crippen molar-refractivity contribution >= 4 is 11.9 Å². The molecular formula is C16H20O5. The van der Waals surface area contributed by atoms with Crippen LogP contribution in [0.1, 0.15) is 32.6 Å². The van der Waals surface area contributed by atoms with Gasteiger partial charge in [-0.3, -0.25) is 0 Å². The van der Waals surface area contributed by atoms with Crippen molar-refractivity contribution in [2.75, 3.05) is 7.11 Å². The Morgan fingerprint density at radius 2 is 2.29 bits per heavy atom. The van der Waals surface area contributed by atoms with E-state index in [0.717, 1.165) is 6.42 Å². The molecule has 2 heterocycles. The van der Waals surface area contributed by atoms with Crippen molar-refractivity contribution in [1.29, 1.82) is 0 Å². The Kier molecular flexibility index (Phi) is 3.40. The molecule has 2 fully saturated rings. The highest BCUT2D eigenvalue weighted by Crippen LogP contribution is 2.47. The maximum absolute atomic E-state index is 11.8. The zero-order chi connectivity index (χ0) is 15.2. The van der Waals surface area contributed by atoms with Gasteiger partial charge in [0.2, 0.25) is 0 Å². The zero-order valence-electron chi connectivity index (χ0n) is 12.4. The molecule has 4 unspecified atom stereocenters. The van der Waals surface area contributed by atoms with Gasteiger partial charge in [0, 0.05) is 23.5 Å². The molecule has 1 aliphatic carbocycles. The standard InChI is InChI=1S/C16H20O5/c1-9-11-6-4-10(15(18)19-3)5-7-13-16(2,21-13)8-12(11)20-14(9)17/h4,11-13H,1,5-8H2,2-3H3. The molecule has 0 bridgehead atoms. The van der Waals surface area contributed by atoms with Crippen LogP contribution in [0.25, 0.3) is 0 Å². The summed E-state index contributed by atoms with van der Waals surface area (Å²) in [4.78, 5) is 23.6. The molecule has 5 heteroatoms. The second-order valence-electron chi connectivity index (χ2n) is 6.19. The molecule has 0 N–H and O–H groups in total. The number of ether oxygens (including phenoxy) is 3. The molecule has 0 aromatic carbocycles. The summed E-state index contributed by atoms with van der Waals surface area (Å²) < 4.78 is 16.0. The van der Waals surface area contributed by atoms with Gasteiger partial charge in [-0.1, -0.05) is 12.7 Å². The van der Waals surface area contributed by atoms with Gasteiger partial charge >= 0.3 is 11.9 Å². The third-order valence-electron chi connectivity index (χ3n) is 4.80. The Morgan fingerprint density at radius 1 is 1.52 bits per heavy atom. The quantitative estimate of drug-likeness (QED) is 0.419. The third-order valence-corrected chi connectivity index (χ3v) is 4.80. The van der Waals surface area contributed by atoms with Crippen LogP contribution < -0.4 is 0 Å². The number of methoxy groups -OCH3 is 1. The van der Waals surface area contributed by atoms with Gasteiger partial charge in [0.1, 0.15) is 6.10 Å². The fourth-order valence-electron chi connectivity index (χ4n) is 3.36. The maximum atomic E-state index is 11.8. The van der Waals surface area contributed by atoms with Crippen LogP contribution in [0.15, 0.2) is 23.8 Å². The molecule has 0 spiro atoms. The fourth-order valence-corrected chi connectivity index (χ4v) is 3.36. The number of rotatable bonds is 1. The lowest BCUT2D eigenvalue weighted by atomic mass is 9.84. The van der Waals surface area contributed by atoms with Crippen LogP contribution in [0.4, 0.5) is 0 Å². The normalized spacial score (nSPS) is 38.8. The molecule has 0 aromatic rings. The van der Waals surface area contributed by atoms with E-state index >= 15 is 0 Å². The van der Waals surface area contributed by atoms with Gasteiger partial charge in [0.05, 0.1) is 18.8 Å². The molecule has 2 saturated heterocycles. The second kappa shape index (κ2) is 4.98. The first-order valence-electron chi connectivity index (χ1n) is 7.29. The van der Waals surface area contributed by atoms with Gasteiger partial charge in [0.25, 0.3) is 0 Å². The SMILES string of the molecule is C=C1C(=O)OC2CC3(C)OC3CCC(C(=O)OC)=CCC12. The first kappa shape index (κ1) is 14.3. The first-order valence-corrected chi connectivity index (χ1v) is 7.29. The fraction of sp³-hybridized carbons (Fsp3) is 0.625. The van der Waals surface area contributed by atoms with Crippen molar-refractivity contribution in [3.8, 4) is 0 Å². The van der Waals surface area contributed by atoms with Crippen molar-refractivity contribution in [3.05, 3.63) is 23.8 Å². The second-order valence-corrected chi connectivity index (χ2v) is 6.19. The summed E-state index contributed by atoms with van der Waals surface area (Å²) in [6.07, 6.45) is 4.43. The predicted molar refractivity (Wildman–Crippen MR) is 74.4 cm³/mol. The smallest absolute Gasteiger partial charge is 0.334 e. The van der Waals surface area contributed by atoms with Crippen LogP contribution in [0, 0.1) is 5.92 Å². The van der Waals surface area contributed by atoms with Crippen molar-refractivity contribution in [1.82, 2.24) is 0 Å². The largest absolute Gasteiger partial charge is 0.466 e. The summed E-state index contributed by atoms with van der Waals surface area (Å²) in [7, 11) is 1.38. The molecule has 3 aliphatic rings. The number of hydrogen-bond donors (Lipinski definition) is 0. The molecular weight excluding hydrogens is 272 g/mol. The highest BCUT2D eigenvalue weighted by atomic mass is 16.6. The van der Waals surface area contributed by atoms with Gasteiger partial charge in [-0.05, 0) is 26.2 Å². The van der Waals surface area contributed by atoms with Gasteiger partial charge in [-0.15, -0.1) is 0 Å². The van der Waals surface area contributed by atoms with E-state index in [1.807, 2.05) is 13.0 Å². The number of carbonyl (C=O) groups is 2. The Hall–Kier alpha value is -1.62. The van der Waals surface area contributed by atoms with E-state index < -0.39 is 0 Å². The van der Waals surface area contributed by atoms with Crippen LogP contribution in [0.2, 0.25) is 0 Å². The minimum atomic E-state index is -0.335. The van der Waals surface area contributed by atoms with Crippen LogP contribution in [0.3, 0.4) is 0 Å². The average Bonchev–Trinajstić information content (AvgIpc) is 3.02. The number of carbonyl (C=O) groups excluding carboxylic acids is 2. The third kappa shape index (κ3) is 2.50. The zero-order valence-corrected chi connectivity index (χ0v) is 12.4. The Balaban J connectivity index is 1.87.